The number of hydrogen-bond acceptors (Lipinski definition) is 4. The molecule has 0 radical (unpaired) electrons. The second-order valence-electron chi connectivity index (χ2n) is 3.30. The maximum absolute atomic E-state index is 10.8. The van der Waals surface area contributed by atoms with E-state index in [-0.39, 0.29) is 5.56 Å². The molecule has 0 atom stereocenters. The smallest absolute Gasteiger partial charge is 0.335 e. The minimum absolute atomic E-state index is 0.253. The van der Waals surface area contributed by atoms with Crippen molar-refractivity contribution in [3.63, 3.8) is 0 Å². The third-order valence-corrected chi connectivity index (χ3v) is 3.04. The molecular weight excluding hydrogens is 236 g/mol. The third kappa shape index (κ3) is 3.29. The summed E-state index contributed by atoms with van der Waals surface area (Å²) in [6.07, 6.45) is 3.24. The predicted octanol–water partition coefficient (Wildman–Crippen LogP) is 2.47. The van der Waals surface area contributed by atoms with Crippen LogP contribution >= 0.6 is 11.8 Å². The molecule has 2 heterocycles. The number of thioether (sulfide) groups is 1. The van der Waals surface area contributed by atoms with Crippen LogP contribution in [-0.2, 0) is 5.75 Å². The van der Waals surface area contributed by atoms with E-state index in [1.165, 1.54) is 24.0 Å². The highest BCUT2D eigenvalue weighted by molar-refractivity contribution is 7.98. The molecule has 0 aliphatic rings. The van der Waals surface area contributed by atoms with Gasteiger partial charge in [-0.05, 0) is 24.3 Å². The average Bonchev–Trinajstić information content (AvgIpc) is 2.38. The SMILES string of the molecule is O=C(O)c1ccnc(SCc2ccccn2)c1. The zero-order valence-electron chi connectivity index (χ0n) is 8.91. The Bertz CT molecular complexity index is 517. The summed E-state index contributed by atoms with van der Waals surface area (Å²) < 4.78 is 0. The van der Waals surface area contributed by atoms with Crippen LogP contribution in [0.1, 0.15) is 16.1 Å². The van der Waals surface area contributed by atoms with Crippen LogP contribution < -0.4 is 0 Å². The lowest BCUT2D eigenvalue weighted by Crippen LogP contribution is -1.96. The summed E-state index contributed by atoms with van der Waals surface area (Å²) in [7, 11) is 0. The Balaban J connectivity index is 2.04. The van der Waals surface area contributed by atoms with Crippen LogP contribution in [0.25, 0.3) is 0 Å². The van der Waals surface area contributed by atoms with Gasteiger partial charge in [-0.15, -0.1) is 11.8 Å². The fourth-order valence-corrected chi connectivity index (χ4v) is 2.07. The molecular formula is C12H10N2O2S. The van der Waals surface area contributed by atoms with Crippen molar-refractivity contribution in [2.45, 2.75) is 10.8 Å². The standard InChI is InChI=1S/C12H10N2O2S/c15-12(16)9-4-6-14-11(7-9)17-8-10-3-1-2-5-13-10/h1-7H,8H2,(H,15,16). The topological polar surface area (TPSA) is 63.1 Å². The van der Waals surface area contributed by atoms with Crippen LogP contribution in [0.4, 0.5) is 0 Å². The summed E-state index contributed by atoms with van der Waals surface area (Å²) in [6, 6.07) is 8.75. The Morgan fingerprint density at radius 1 is 1.24 bits per heavy atom. The molecule has 0 spiro atoms. The van der Waals surface area contributed by atoms with Crippen LogP contribution in [-0.4, -0.2) is 21.0 Å². The highest BCUT2D eigenvalue weighted by Gasteiger charge is 2.04. The molecule has 17 heavy (non-hydrogen) atoms. The predicted molar refractivity (Wildman–Crippen MR) is 65.0 cm³/mol. The van der Waals surface area contributed by atoms with E-state index in [1.54, 1.807) is 12.3 Å². The Labute approximate surface area is 103 Å². The van der Waals surface area contributed by atoms with Crippen molar-refractivity contribution in [2.75, 3.05) is 0 Å². The lowest BCUT2D eigenvalue weighted by molar-refractivity contribution is 0.0696. The number of pyridine rings is 2. The normalized spacial score (nSPS) is 10.1. The average molecular weight is 246 g/mol. The molecule has 0 aliphatic carbocycles. The molecule has 2 aromatic heterocycles. The molecule has 2 aromatic rings. The fourth-order valence-electron chi connectivity index (χ4n) is 1.25. The van der Waals surface area contributed by atoms with Gasteiger partial charge in [0.2, 0.25) is 0 Å². The molecule has 0 amide bonds. The number of carboxylic acids is 1. The van der Waals surface area contributed by atoms with Crippen molar-refractivity contribution in [3.8, 4) is 0 Å². The number of aromatic carboxylic acids is 1. The van der Waals surface area contributed by atoms with Gasteiger partial charge < -0.3 is 5.11 Å². The first-order chi connectivity index (χ1) is 8.25. The van der Waals surface area contributed by atoms with Crippen LogP contribution in [0.15, 0.2) is 47.8 Å². The van der Waals surface area contributed by atoms with Gasteiger partial charge >= 0.3 is 5.97 Å². The van der Waals surface area contributed by atoms with Gasteiger partial charge in [0.05, 0.1) is 16.3 Å². The molecule has 0 saturated heterocycles. The lowest BCUT2D eigenvalue weighted by atomic mass is 10.3. The molecule has 86 valence electrons. The molecule has 0 aromatic carbocycles. The Morgan fingerprint density at radius 2 is 2.12 bits per heavy atom. The molecule has 1 N–H and O–H groups in total. The van der Waals surface area contributed by atoms with E-state index in [1.807, 2.05) is 18.2 Å². The van der Waals surface area contributed by atoms with Crippen LogP contribution in [0.5, 0.6) is 0 Å². The number of aromatic nitrogens is 2. The molecule has 0 fully saturated rings. The van der Waals surface area contributed by atoms with Gasteiger partial charge in [0.1, 0.15) is 0 Å². The molecule has 0 aliphatic heterocycles. The molecule has 5 heteroatoms. The fraction of sp³-hybridized carbons (Fsp3) is 0.0833. The Morgan fingerprint density at radius 3 is 2.82 bits per heavy atom. The van der Waals surface area contributed by atoms with Crippen molar-refractivity contribution >= 4 is 17.7 Å². The van der Waals surface area contributed by atoms with E-state index in [2.05, 4.69) is 9.97 Å². The summed E-state index contributed by atoms with van der Waals surface area (Å²) in [4.78, 5) is 19.1. The first-order valence-electron chi connectivity index (χ1n) is 4.98. The quantitative estimate of drug-likeness (QED) is 0.839. The van der Waals surface area contributed by atoms with Crippen LogP contribution in [0.3, 0.4) is 0 Å². The van der Waals surface area contributed by atoms with Crippen LogP contribution in [0, 0.1) is 0 Å². The zero-order valence-corrected chi connectivity index (χ0v) is 9.72. The van der Waals surface area contributed by atoms with Gasteiger partial charge in [-0.1, -0.05) is 6.07 Å². The number of hydrogen-bond donors (Lipinski definition) is 1. The number of carbonyl (C=O) groups is 1. The van der Waals surface area contributed by atoms with Gasteiger partial charge in [-0.25, -0.2) is 9.78 Å². The number of carboxylic acid groups (broad SMARTS) is 1. The van der Waals surface area contributed by atoms with E-state index in [4.69, 9.17) is 5.11 Å². The molecule has 4 nitrogen and oxygen atoms in total. The lowest BCUT2D eigenvalue weighted by Gasteiger charge is -2.01. The van der Waals surface area contributed by atoms with Gasteiger partial charge in [-0.3, -0.25) is 4.98 Å². The molecule has 0 saturated carbocycles. The second-order valence-corrected chi connectivity index (χ2v) is 4.29. The summed E-state index contributed by atoms with van der Waals surface area (Å²) in [5.74, 6) is -0.260. The highest BCUT2D eigenvalue weighted by atomic mass is 32.2. The summed E-state index contributed by atoms with van der Waals surface area (Å²) >= 11 is 1.47. The van der Waals surface area contributed by atoms with E-state index in [0.717, 1.165) is 5.69 Å². The first kappa shape index (κ1) is 11.6. The minimum atomic E-state index is -0.938. The molecule has 0 bridgehead atoms. The van der Waals surface area contributed by atoms with Crippen molar-refractivity contribution in [1.29, 1.82) is 0 Å². The number of rotatable bonds is 4. The van der Waals surface area contributed by atoms with E-state index in [0.29, 0.717) is 10.8 Å². The van der Waals surface area contributed by atoms with Gasteiger partial charge in [0.25, 0.3) is 0 Å². The minimum Gasteiger partial charge on any atom is -0.478 e. The first-order valence-corrected chi connectivity index (χ1v) is 5.96. The van der Waals surface area contributed by atoms with Gasteiger partial charge in [-0.2, -0.15) is 0 Å². The highest BCUT2D eigenvalue weighted by Crippen LogP contribution is 2.20. The molecule has 0 unspecified atom stereocenters. The van der Waals surface area contributed by atoms with E-state index in [9.17, 15) is 4.79 Å². The Kier molecular flexibility index (Phi) is 3.72. The van der Waals surface area contributed by atoms with Crippen molar-refractivity contribution in [3.05, 3.63) is 54.0 Å². The maximum atomic E-state index is 10.8. The van der Waals surface area contributed by atoms with E-state index < -0.39 is 5.97 Å². The van der Waals surface area contributed by atoms with E-state index >= 15 is 0 Å². The monoisotopic (exact) mass is 246 g/mol. The summed E-state index contributed by atoms with van der Waals surface area (Å²) in [6.45, 7) is 0. The van der Waals surface area contributed by atoms with Crippen LogP contribution in [0.2, 0.25) is 0 Å². The maximum Gasteiger partial charge on any atom is 0.335 e. The van der Waals surface area contributed by atoms with Crippen molar-refractivity contribution in [1.82, 2.24) is 9.97 Å². The van der Waals surface area contributed by atoms with Crippen molar-refractivity contribution < 1.29 is 9.90 Å². The number of nitrogens with zero attached hydrogens (tertiary/aromatic N) is 2. The zero-order chi connectivity index (χ0) is 12.1. The molecule has 2 rings (SSSR count). The summed E-state index contributed by atoms with van der Waals surface area (Å²) in [5, 5.41) is 9.54. The largest absolute Gasteiger partial charge is 0.478 e. The Hall–Kier alpha value is -1.88. The van der Waals surface area contributed by atoms with Gasteiger partial charge in [0.15, 0.2) is 0 Å². The third-order valence-electron chi connectivity index (χ3n) is 2.08. The van der Waals surface area contributed by atoms with Crippen molar-refractivity contribution in [2.24, 2.45) is 0 Å². The summed E-state index contributed by atoms with van der Waals surface area (Å²) in [5.41, 5.74) is 1.20. The second kappa shape index (κ2) is 5.45. The van der Waals surface area contributed by atoms with Gasteiger partial charge in [0, 0.05) is 18.1 Å².